The zero-order chi connectivity index (χ0) is 9.84. The number of halogens is 1. The molecule has 0 saturated heterocycles. The summed E-state index contributed by atoms with van der Waals surface area (Å²) in [6.07, 6.45) is 0. The summed E-state index contributed by atoms with van der Waals surface area (Å²) in [7, 11) is 0. The molecule has 0 amide bonds. The van der Waals surface area contributed by atoms with E-state index in [0.29, 0.717) is 16.9 Å². The molecule has 74 valence electrons. The summed E-state index contributed by atoms with van der Waals surface area (Å²) in [5.41, 5.74) is 0. The number of aliphatic hydroxyl groups excluding tert-OH is 1. The van der Waals surface area contributed by atoms with Gasteiger partial charge in [-0.2, -0.15) is 8.75 Å². The van der Waals surface area contributed by atoms with Gasteiger partial charge in [-0.3, -0.25) is 0 Å². The minimum Gasteiger partial charge on any atom is -0.394 e. The van der Waals surface area contributed by atoms with E-state index < -0.39 is 0 Å². The van der Waals surface area contributed by atoms with Gasteiger partial charge in [0, 0.05) is 0 Å². The van der Waals surface area contributed by atoms with Crippen molar-refractivity contribution < 1.29 is 5.11 Å². The van der Waals surface area contributed by atoms with Crippen molar-refractivity contribution >= 4 is 29.1 Å². The Kier molecular flexibility index (Phi) is 3.90. The van der Waals surface area contributed by atoms with Gasteiger partial charge in [-0.25, -0.2) is 0 Å². The fourth-order valence-electron chi connectivity index (χ4n) is 0.863. The van der Waals surface area contributed by atoms with Gasteiger partial charge in [-0.1, -0.05) is 25.4 Å². The third-order valence-electron chi connectivity index (χ3n) is 1.77. The van der Waals surface area contributed by atoms with Crippen molar-refractivity contribution in [2.45, 2.75) is 19.9 Å². The molecule has 1 unspecified atom stereocenters. The van der Waals surface area contributed by atoms with Crippen LogP contribution in [0.4, 0.5) is 5.82 Å². The number of aliphatic hydroxyl groups is 1. The highest BCUT2D eigenvalue weighted by Crippen LogP contribution is 2.20. The third kappa shape index (κ3) is 2.79. The average Bonchev–Trinajstić information content (AvgIpc) is 2.46. The van der Waals surface area contributed by atoms with E-state index in [9.17, 15) is 0 Å². The number of aromatic nitrogens is 2. The zero-order valence-corrected chi connectivity index (χ0v) is 9.06. The first-order chi connectivity index (χ1) is 6.15. The predicted molar refractivity (Wildman–Crippen MR) is 54.3 cm³/mol. The molecule has 1 rings (SSSR count). The van der Waals surface area contributed by atoms with Crippen LogP contribution in [0.25, 0.3) is 0 Å². The third-order valence-corrected chi connectivity index (χ3v) is 2.66. The maximum Gasteiger partial charge on any atom is 0.186 e. The molecule has 4 nitrogen and oxygen atoms in total. The maximum absolute atomic E-state index is 9.04. The molecule has 0 aromatic carbocycles. The average molecular weight is 222 g/mol. The monoisotopic (exact) mass is 221 g/mol. The maximum atomic E-state index is 9.04. The lowest BCUT2D eigenvalue weighted by Gasteiger charge is -2.19. The number of nitrogens with zero attached hydrogens (tertiary/aromatic N) is 2. The topological polar surface area (TPSA) is 58.0 Å². The standard InChI is InChI=1S/C7H12ClN3OS/c1-4(2)5(3-12)9-7-6(8)10-13-11-7/h4-5,12H,3H2,1-2H3,(H,9,11). The molecule has 0 bridgehead atoms. The van der Waals surface area contributed by atoms with E-state index in [1.165, 1.54) is 0 Å². The van der Waals surface area contributed by atoms with Crippen molar-refractivity contribution in [3.05, 3.63) is 5.15 Å². The van der Waals surface area contributed by atoms with Crippen molar-refractivity contribution in [1.29, 1.82) is 0 Å². The molecular formula is C7H12ClN3OS. The number of rotatable bonds is 4. The Morgan fingerprint density at radius 3 is 2.62 bits per heavy atom. The minimum absolute atomic E-state index is 0.0265. The van der Waals surface area contributed by atoms with E-state index in [-0.39, 0.29) is 12.6 Å². The molecule has 1 heterocycles. The fraction of sp³-hybridized carbons (Fsp3) is 0.714. The molecule has 0 aliphatic rings. The highest BCUT2D eigenvalue weighted by atomic mass is 35.5. The van der Waals surface area contributed by atoms with E-state index in [1.54, 1.807) is 0 Å². The van der Waals surface area contributed by atoms with Gasteiger partial charge in [-0.15, -0.1) is 0 Å². The van der Waals surface area contributed by atoms with Crippen molar-refractivity contribution in [2.24, 2.45) is 5.92 Å². The van der Waals surface area contributed by atoms with Crippen LogP contribution in [0.15, 0.2) is 0 Å². The van der Waals surface area contributed by atoms with Crippen molar-refractivity contribution in [3.8, 4) is 0 Å². The Labute approximate surface area is 86.3 Å². The Hall–Kier alpha value is -0.390. The summed E-state index contributed by atoms with van der Waals surface area (Å²) in [6, 6.07) is -0.0265. The lowest BCUT2D eigenvalue weighted by Crippen LogP contribution is -2.29. The SMILES string of the molecule is CC(C)C(CO)Nc1nsnc1Cl. The summed E-state index contributed by atoms with van der Waals surface area (Å²) >= 11 is 6.79. The number of hydrogen-bond donors (Lipinski definition) is 2. The van der Waals surface area contributed by atoms with Gasteiger partial charge in [0.05, 0.1) is 24.4 Å². The van der Waals surface area contributed by atoms with E-state index in [0.717, 1.165) is 11.7 Å². The van der Waals surface area contributed by atoms with Gasteiger partial charge < -0.3 is 10.4 Å². The smallest absolute Gasteiger partial charge is 0.186 e. The Morgan fingerprint density at radius 2 is 2.23 bits per heavy atom. The second-order valence-electron chi connectivity index (χ2n) is 3.08. The highest BCUT2D eigenvalue weighted by molar-refractivity contribution is 6.99. The van der Waals surface area contributed by atoms with Crippen molar-refractivity contribution in [2.75, 3.05) is 11.9 Å². The molecular weight excluding hydrogens is 210 g/mol. The van der Waals surface area contributed by atoms with Crippen LogP contribution in [0, 0.1) is 5.92 Å². The molecule has 6 heteroatoms. The van der Waals surface area contributed by atoms with Gasteiger partial charge in [0.2, 0.25) is 0 Å². The fourth-order valence-corrected chi connectivity index (χ4v) is 1.52. The van der Waals surface area contributed by atoms with Gasteiger partial charge in [0.1, 0.15) is 0 Å². The van der Waals surface area contributed by atoms with Crippen LogP contribution in [0.5, 0.6) is 0 Å². The molecule has 13 heavy (non-hydrogen) atoms. The molecule has 0 aliphatic heterocycles. The number of nitrogens with one attached hydrogen (secondary N) is 1. The second-order valence-corrected chi connectivity index (χ2v) is 3.97. The molecule has 0 saturated carbocycles. The molecule has 0 aliphatic carbocycles. The Bertz CT molecular complexity index is 266. The largest absolute Gasteiger partial charge is 0.394 e. The second kappa shape index (κ2) is 4.74. The summed E-state index contributed by atoms with van der Waals surface area (Å²) in [5, 5.41) is 12.4. The zero-order valence-electron chi connectivity index (χ0n) is 7.49. The van der Waals surface area contributed by atoms with Gasteiger partial charge in [-0.05, 0) is 5.92 Å². The van der Waals surface area contributed by atoms with Crippen LogP contribution in [0.2, 0.25) is 5.15 Å². The van der Waals surface area contributed by atoms with Crippen LogP contribution < -0.4 is 5.32 Å². The van der Waals surface area contributed by atoms with E-state index in [2.05, 4.69) is 14.1 Å². The molecule has 1 aromatic heterocycles. The van der Waals surface area contributed by atoms with E-state index >= 15 is 0 Å². The van der Waals surface area contributed by atoms with Crippen LogP contribution >= 0.6 is 23.3 Å². The van der Waals surface area contributed by atoms with Crippen molar-refractivity contribution in [3.63, 3.8) is 0 Å². The summed E-state index contributed by atoms with van der Waals surface area (Å²) < 4.78 is 7.78. The molecule has 0 fully saturated rings. The predicted octanol–water partition coefficient (Wildman–Crippen LogP) is 1.62. The molecule has 1 atom stereocenters. The lowest BCUT2D eigenvalue weighted by molar-refractivity contribution is 0.249. The van der Waals surface area contributed by atoms with Gasteiger partial charge >= 0.3 is 0 Å². The molecule has 0 radical (unpaired) electrons. The quantitative estimate of drug-likeness (QED) is 0.812. The number of hydrogen-bond acceptors (Lipinski definition) is 5. The van der Waals surface area contributed by atoms with E-state index in [1.807, 2.05) is 13.8 Å². The van der Waals surface area contributed by atoms with Gasteiger partial charge in [0.15, 0.2) is 11.0 Å². The lowest BCUT2D eigenvalue weighted by atomic mass is 10.1. The van der Waals surface area contributed by atoms with Crippen LogP contribution in [-0.2, 0) is 0 Å². The van der Waals surface area contributed by atoms with Crippen LogP contribution in [0.1, 0.15) is 13.8 Å². The molecule has 0 spiro atoms. The van der Waals surface area contributed by atoms with Crippen molar-refractivity contribution in [1.82, 2.24) is 8.75 Å². The summed E-state index contributed by atoms with van der Waals surface area (Å²) in [5.74, 6) is 0.877. The van der Waals surface area contributed by atoms with Gasteiger partial charge in [0.25, 0.3) is 0 Å². The van der Waals surface area contributed by atoms with Crippen LogP contribution in [0.3, 0.4) is 0 Å². The molecule has 2 N–H and O–H groups in total. The van der Waals surface area contributed by atoms with E-state index in [4.69, 9.17) is 16.7 Å². The first-order valence-corrected chi connectivity index (χ1v) is 5.11. The first kappa shape index (κ1) is 10.7. The Morgan fingerprint density at radius 1 is 1.54 bits per heavy atom. The normalized spacial score (nSPS) is 13.3. The van der Waals surface area contributed by atoms with Crippen LogP contribution in [-0.4, -0.2) is 26.5 Å². The first-order valence-electron chi connectivity index (χ1n) is 4.00. The number of anilines is 1. The molecule has 1 aromatic rings. The Balaban J connectivity index is 2.62. The highest BCUT2D eigenvalue weighted by Gasteiger charge is 2.15. The summed E-state index contributed by atoms with van der Waals surface area (Å²) in [6.45, 7) is 4.09. The minimum atomic E-state index is -0.0265. The summed E-state index contributed by atoms with van der Waals surface area (Å²) in [4.78, 5) is 0.